The maximum absolute atomic E-state index is 11.9. The number of benzene rings is 1. The number of fused-ring (bicyclic) bond motifs is 1. The van der Waals surface area contributed by atoms with Gasteiger partial charge in [-0.25, -0.2) is 14.6 Å². The van der Waals surface area contributed by atoms with Crippen LogP contribution < -0.4 is 5.69 Å². The molecule has 0 saturated carbocycles. The minimum Gasteiger partial charge on any atom is -0.478 e. The average molecular weight is 275 g/mol. The molecule has 0 fully saturated rings. The molecule has 0 aliphatic heterocycles. The average Bonchev–Trinajstić information content (AvgIpc) is 2.98. The first-order valence-electron chi connectivity index (χ1n) is 5.48. The Balaban J connectivity index is 2.25. The predicted octanol–water partition coefficient (Wildman–Crippen LogP) is 1.53. The van der Waals surface area contributed by atoms with Crippen molar-refractivity contribution in [3.63, 3.8) is 0 Å². The Morgan fingerprint density at radius 1 is 1.47 bits per heavy atom. The second-order valence-corrected chi connectivity index (χ2v) is 4.72. The van der Waals surface area contributed by atoms with E-state index in [1.54, 1.807) is 17.6 Å². The van der Waals surface area contributed by atoms with Gasteiger partial charge in [0.2, 0.25) is 0 Å². The number of rotatable bonds is 3. The Morgan fingerprint density at radius 3 is 3.00 bits per heavy atom. The topological polar surface area (TPSA) is 88.0 Å². The smallest absolute Gasteiger partial charge is 0.337 e. The van der Waals surface area contributed by atoms with Crippen LogP contribution in [0, 0.1) is 0 Å². The van der Waals surface area contributed by atoms with Gasteiger partial charge in [-0.3, -0.25) is 4.57 Å². The molecule has 2 heterocycles. The lowest BCUT2D eigenvalue weighted by Crippen LogP contribution is -2.18. The van der Waals surface area contributed by atoms with E-state index in [0.717, 1.165) is 5.69 Å². The first-order chi connectivity index (χ1) is 9.16. The quantitative estimate of drug-likeness (QED) is 0.758. The fourth-order valence-corrected chi connectivity index (χ4v) is 2.57. The van der Waals surface area contributed by atoms with E-state index in [0.29, 0.717) is 11.0 Å². The largest absolute Gasteiger partial charge is 0.478 e. The summed E-state index contributed by atoms with van der Waals surface area (Å²) in [4.78, 5) is 29.9. The number of hydrogen-bond acceptors (Lipinski definition) is 4. The monoisotopic (exact) mass is 275 g/mol. The van der Waals surface area contributed by atoms with Gasteiger partial charge < -0.3 is 10.1 Å². The molecule has 0 amide bonds. The van der Waals surface area contributed by atoms with E-state index in [1.807, 2.05) is 5.38 Å². The van der Waals surface area contributed by atoms with Crippen LogP contribution in [0.4, 0.5) is 0 Å². The van der Waals surface area contributed by atoms with Gasteiger partial charge in [0.1, 0.15) is 0 Å². The van der Waals surface area contributed by atoms with Crippen molar-refractivity contribution in [2.75, 3.05) is 0 Å². The number of carboxylic acid groups (broad SMARTS) is 1. The van der Waals surface area contributed by atoms with Crippen LogP contribution in [0.3, 0.4) is 0 Å². The molecule has 96 valence electrons. The molecule has 0 aliphatic carbocycles. The third-order valence-electron chi connectivity index (χ3n) is 2.83. The summed E-state index contributed by atoms with van der Waals surface area (Å²) < 4.78 is 1.40. The van der Waals surface area contributed by atoms with Gasteiger partial charge in [0.25, 0.3) is 0 Å². The molecule has 0 radical (unpaired) electrons. The molecule has 0 saturated heterocycles. The SMILES string of the molecule is O=C(O)c1cccc2[nH]c(=O)n(Cc3cscn3)c12. The van der Waals surface area contributed by atoms with Crippen molar-refractivity contribution >= 4 is 28.3 Å². The minimum absolute atomic E-state index is 0.103. The van der Waals surface area contributed by atoms with Crippen molar-refractivity contribution in [1.82, 2.24) is 14.5 Å². The Labute approximate surface area is 111 Å². The lowest BCUT2D eigenvalue weighted by Gasteiger charge is -2.03. The Kier molecular flexibility index (Phi) is 2.68. The Hall–Kier alpha value is -2.41. The summed E-state index contributed by atoms with van der Waals surface area (Å²) in [6.07, 6.45) is 0. The Bertz CT molecular complexity index is 801. The van der Waals surface area contributed by atoms with Gasteiger partial charge in [-0.1, -0.05) is 6.07 Å². The van der Waals surface area contributed by atoms with E-state index in [4.69, 9.17) is 0 Å². The highest BCUT2D eigenvalue weighted by Gasteiger charge is 2.15. The van der Waals surface area contributed by atoms with Gasteiger partial charge in [0.15, 0.2) is 0 Å². The van der Waals surface area contributed by atoms with Crippen molar-refractivity contribution in [2.45, 2.75) is 6.54 Å². The van der Waals surface area contributed by atoms with E-state index in [-0.39, 0.29) is 17.8 Å². The summed E-state index contributed by atoms with van der Waals surface area (Å²) in [6.45, 7) is 0.257. The molecule has 2 N–H and O–H groups in total. The van der Waals surface area contributed by atoms with E-state index >= 15 is 0 Å². The number of carboxylic acids is 1. The number of nitrogens with one attached hydrogen (secondary N) is 1. The van der Waals surface area contributed by atoms with Crippen LogP contribution in [0.15, 0.2) is 33.9 Å². The number of nitrogens with zero attached hydrogens (tertiary/aromatic N) is 2. The van der Waals surface area contributed by atoms with Gasteiger partial charge in [-0.05, 0) is 12.1 Å². The van der Waals surface area contributed by atoms with E-state index in [1.165, 1.54) is 22.0 Å². The second kappa shape index (κ2) is 4.36. The van der Waals surface area contributed by atoms with E-state index in [9.17, 15) is 14.7 Å². The van der Waals surface area contributed by atoms with Crippen LogP contribution in [0.5, 0.6) is 0 Å². The molecule has 19 heavy (non-hydrogen) atoms. The molecule has 2 aromatic heterocycles. The second-order valence-electron chi connectivity index (χ2n) is 4.00. The summed E-state index contributed by atoms with van der Waals surface area (Å²) in [5.74, 6) is -1.06. The number of imidazole rings is 1. The van der Waals surface area contributed by atoms with Crippen LogP contribution in [0.1, 0.15) is 16.1 Å². The number of aromatic nitrogens is 3. The molecule has 0 unspecified atom stereocenters. The highest BCUT2D eigenvalue weighted by Crippen LogP contribution is 2.17. The first-order valence-corrected chi connectivity index (χ1v) is 6.43. The third kappa shape index (κ3) is 1.93. The standard InChI is InChI=1S/C12H9N3O3S/c16-11(17)8-2-1-3-9-10(8)15(12(18)14-9)4-7-5-19-6-13-7/h1-3,5-6H,4H2,(H,14,18)(H,16,17). The zero-order chi connectivity index (χ0) is 13.4. The molecule has 3 rings (SSSR count). The molecule has 0 aliphatic rings. The Morgan fingerprint density at radius 2 is 2.32 bits per heavy atom. The number of carbonyl (C=O) groups is 1. The van der Waals surface area contributed by atoms with Crippen molar-refractivity contribution < 1.29 is 9.90 Å². The van der Waals surface area contributed by atoms with Gasteiger partial charge in [0, 0.05) is 5.38 Å². The zero-order valence-corrected chi connectivity index (χ0v) is 10.5. The number of aromatic amines is 1. The maximum Gasteiger partial charge on any atom is 0.337 e. The van der Waals surface area contributed by atoms with Crippen molar-refractivity contribution in [2.24, 2.45) is 0 Å². The van der Waals surface area contributed by atoms with E-state index < -0.39 is 5.97 Å². The van der Waals surface area contributed by atoms with Crippen molar-refractivity contribution in [1.29, 1.82) is 0 Å². The molecule has 3 aromatic rings. The van der Waals surface area contributed by atoms with Gasteiger partial charge in [-0.15, -0.1) is 11.3 Å². The normalized spacial score (nSPS) is 10.9. The van der Waals surface area contributed by atoms with E-state index in [2.05, 4.69) is 9.97 Å². The maximum atomic E-state index is 11.9. The highest BCUT2D eigenvalue weighted by molar-refractivity contribution is 7.07. The van der Waals surface area contributed by atoms with Crippen LogP contribution in [0.25, 0.3) is 11.0 Å². The van der Waals surface area contributed by atoms with Crippen molar-refractivity contribution in [3.8, 4) is 0 Å². The summed E-state index contributed by atoms with van der Waals surface area (Å²) in [6, 6.07) is 4.77. The zero-order valence-electron chi connectivity index (χ0n) is 9.66. The lowest BCUT2D eigenvalue weighted by atomic mass is 10.2. The van der Waals surface area contributed by atoms with Gasteiger partial charge in [0.05, 0.1) is 34.3 Å². The molecule has 0 bridgehead atoms. The van der Waals surface area contributed by atoms with Crippen LogP contribution >= 0.6 is 11.3 Å². The first kappa shape index (κ1) is 11.7. The summed E-state index contributed by atoms with van der Waals surface area (Å²) in [5.41, 5.74) is 3.08. The fraction of sp³-hybridized carbons (Fsp3) is 0.0833. The molecule has 1 aromatic carbocycles. The molecule has 0 atom stereocenters. The third-order valence-corrected chi connectivity index (χ3v) is 3.46. The lowest BCUT2D eigenvalue weighted by molar-refractivity contribution is 0.0698. The molecule has 0 spiro atoms. The fourth-order valence-electron chi connectivity index (χ4n) is 2.02. The minimum atomic E-state index is -1.06. The number of aromatic carboxylic acids is 1. The summed E-state index contributed by atoms with van der Waals surface area (Å²) in [5, 5.41) is 11.0. The van der Waals surface area contributed by atoms with Gasteiger partial charge >= 0.3 is 11.7 Å². The number of H-pyrrole nitrogens is 1. The molecule has 6 nitrogen and oxygen atoms in total. The summed E-state index contributed by atoms with van der Waals surface area (Å²) in [7, 11) is 0. The number of hydrogen-bond donors (Lipinski definition) is 2. The predicted molar refractivity (Wildman–Crippen MR) is 70.7 cm³/mol. The summed E-state index contributed by atoms with van der Waals surface area (Å²) >= 11 is 1.43. The molecular formula is C12H9N3O3S. The van der Waals surface area contributed by atoms with Crippen LogP contribution in [0.2, 0.25) is 0 Å². The van der Waals surface area contributed by atoms with Crippen molar-refractivity contribution in [3.05, 3.63) is 50.8 Å². The van der Waals surface area contributed by atoms with Gasteiger partial charge in [-0.2, -0.15) is 0 Å². The van der Waals surface area contributed by atoms with Crippen LogP contribution in [-0.2, 0) is 6.54 Å². The molecule has 7 heteroatoms. The molecular weight excluding hydrogens is 266 g/mol. The number of para-hydroxylation sites is 1. The number of thiazole rings is 1. The van der Waals surface area contributed by atoms with Crippen LogP contribution in [-0.4, -0.2) is 25.6 Å². The highest BCUT2D eigenvalue weighted by atomic mass is 32.1.